The van der Waals surface area contributed by atoms with Gasteiger partial charge in [-0.25, -0.2) is 0 Å². The average molecular weight is 165 g/mol. The Morgan fingerprint density at radius 3 is 2.75 bits per heavy atom. The highest BCUT2D eigenvalue weighted by Gasteiger charge is 2.09. The maximum absolute atomic E-state index is 10.4. The second-order valence-corrected chi connectivity index (χ2v) is 2.79. The number of carbonyl (C=O) groups excluding carboxylic acids is 1. The molecule has 0 bridgehead atoms. The molecule has 64 valence electrons. The molecular weight excluding hydrogens is 154 g/mol. The normalized spacial score (nSPS) is 12.5. The van der Waals surface area contributed by atoms with Crippen LogP contribution >= 0.6 is 0 Å². The van der Waals surface area contributed by atoms with Crippen molar-refractivity contribution < 1.29 is 15.6 Å². The summed E-state index contributed by atoms with van der Waals surface area (Å²) in [7, 11) is 0. The molecule has 3 nitrogen and oxygen atoms in total. The second-order valence-electron chi connectivity index (χ2n) is 2.79. The van der Waals surface area contributed by atoms with Crippen molar-refractivity contribution in [3.8, 4) is 0 Å². The molecule has 1 aromatic carbocycles. The predicted molar refractivity (Wildman–Crippen MR) is 41.8 cm³/mol. The Morgan fingerprint density at radius 2 is 2.25 bits per heavy atom. The third kappa shape index (κ3) is 1.83. The van der Waals surface area contributed by atoms with E-state index < -0.39 is 12.0 Å². The number of rotatable bonds is 2. The number of hydrogen-bond acceptors (Lipinski definition) is 2. The van der Waals surface area contributed by atoms with Gasteiger partial charge in [-0.1, -0.05) is 23.8 Å². The molecule has 0 spiro atoms. The van der Waals surface area contributed by atoms with Crippen LogP contribution in [0.1, 0.15) is 17.2 Å². The van der Waals surface area contributed by atoms with E-state index in [1.807, 2.05) is 19.1 Å². The maximum Gasteiger partial charge on any atom is 0.150 e. The van der Waals surface area contributed by atoms with Gasteiger partial charge in [-0.05, 0) is 13.0 Å². The molecule has 0 saturated heterocycles. The van der Waals surface area contributed by atoms with Crippen LogP contribution in [-0.4, -0.2) is 5.97 Å². The third-order valence-corrected chi connectivity index (χ3v) is 1.73. The van der Waals surface area contributed by atoms with Crippen LogP contribution in [0.2, 0.25) is 0 Å². The first-order valence-corrected chi connectivity index (χ1v) is 3.72. The summed E-state index contributed by atoms with van der Waals surface area (Å²) in [5.74, 6) is -1.14. The summed E-state index contributed by atoms with van der Waals surface area (Å²) in [6, 6.07) is 6.48. The van der Waals surface area contributed by atoms with E-state index in [0.29, 0.717) is 5.56 Å². The van der Waals surface area contributed by atoms with Crippen LogP contribution < -0.4 is 10.8 Å². The summed E-state index contributed by atoms with van der Waals surface area (Å²) in [4.78, 5) is 10.4. The molecule has 0 aromatic heterocycles. The maximum atomic E-state index is 10.4. The van der Waals surface area contributed by atoms with Crippen LogP contribution in [-0.2, 0) is 4.79 Å². The molecule has 0 aliphatic heterocycles. The van der Waals surface area contributed by atoms with Crippen LogP contribution in [0.4, 0.5) is 0 Å². The summed E-state index contributed by atoms with van der Waals surface area (Å²) < 4.78 is 0. The summed E-state index contributed by atoms with van der Waals surface area (Å²) in [6.07, 6.45) is 0. The minimum atomic E-state index is -1.14. The fourth-order valence-corrected chi connectivity index (χ4v) is 1.02. The minimum absolute atomic E-state index is 0.690. The predicted octanol–water partition coefficient (Wildman–Crippen LogP) is -0.972. The van der Waals surface area contributed by atoms with Crippen molar-refractivity contribution in [2.45, 2.75) is 13.0 Å². The number of benzene rings is 1. The number of hydrogen-bond donors (Lipinski definition) is 1. The lowest BCUT2D eigenvalue weighted by atomic mass is 10.1. The van der Waals surface area contributed by atoms with Gasteiger partial charge >= 0.3 is 0 Å². The first-order valence-electron chi connectivity index (χ1n) is 3.72. The SMILES string of the molecule is Cc1cccc([C@@H]([NH3+])C(=O)[O-])c1. The van der Waals surface area contributed by atoms with Gasteiger partial charge in [0.25, 0.3) is 0 Å². The average Bonchev–Trinajstić information content (AvgIpc) is 2.03. The molecule has 1 rings (SSSR count). The van der Waals surface area contributed by atoms with E-state index in [2.05, 4.69) is 5.73 Å². The van der Waals surface area contributed by atoms with Crippen molar-refractivity contribution in [3.63, 3.8) is 0 Å². The van der Waals surface area contributed by atoms with Crippen LogP contribution in [0.25, 0.3) is 0 Å². The minimum Gasteiger partial charge on any atom is -0.544 e. The molecule has 12 heavy (non-hydrogen) atoms. The lowest BCUT2D eigenvalue weighted by molar-refractivity contribution is -0.443. The standard InChI is InChI=1S/C9H11NO2/c1-6-3-2-4-7(5-6)8(10)9(11)12/h2-5,8H,10H2,1H3,(H,11,12)/t8-/m1/s1. The van der Waals surface area contributed by atoms with Gasteiger partial charge in [0.2, 0.25) is 0 Å². The zero-order valence-electron chi connectivity index (χ0n) is 6.91. The van der Waals surface area contributed by atoms with Gasteiger partial charge in [0.05, 0.1) is 0 Å². The largest absolute Gasteiger partial charge is 0.544 e. The molecule has 0 unspecified atom stereocenters. The molecule has 0 heterocycles. The van der Waals surface area contributed by atoms with E-state index in [9.17, 15) is 9.90 Å². The van der Waals surface area contributed by atoms with Gasteiger partial charge in [0.1, 0.15) is 5.97 Å². The zero-order valence-corrected chi connectivity index (χ0v) is 6.91. The highest BCUT2D eigenvalue weighted by Crippen LogP contribution is 2.09. The molecule has 0 aliphatic rings. The molecule has 1 atom stereocenters. The van der Waals surface area contributed by atoms with Crippen molar-refractivity contribution in [2.75, 3.05) is 0 Å². The topological polar surface area (TPSA) is 67.8 Å². The van der Waals surface area contributed by atoms with E-state index >= 15 is 0 Å². The van der Waals surface area contributed by atoms with Crippen LogP contribution in [0, 0.1) is 6.92 Å². The van der Waals surface area contributed by atoms with Crippen molar-refractivity contribution in [1.82, 2.24) is 0 Å². The van der Waals surface area contributed by atoms with Gasteiger partial charge in [-0.2, -0.15) is 0 Å². The van der Waals surface area contributed by atoms with Crippen molar-refractivity contribution in [1.29, 1.82) is 0 Å². The summed E-state index contributed by atoms with van der Waals surface area (Å²) in [5, 5.41) is 10.4. The second kappa shape index (κ2) is 3.36. The Kier molecular flexibility index (Phi) is 2.45. The van der Waals surface area contributed by atoms with E-state index in [1.165, 1.54) is 0 Å². The summed E-state index contributed by atoms with van der Waals surface area (Å²) >= 11 is 0. The van der Waals surface area contributed by atoms with Gasteiger partial charge in [0, 0.05) is 5.56 Å². The Morgan fingerprint density at radius 1 is 1.58 bits per heavy atom. The molecular formula is C9H11NO2. The van der Waals surface area contributed by atoms with E-state index in [1.54, 1.807) is 12.1 Å². The summed E-state index contributed by atoms with van der Waals surface area (Å²) in [5.41, 5.74) is 5.21. The van der Waals surface area contributed by atoms with Gasteiger partial charge in [0.15, 0.2) is 6.04 Å². The Bertz CT molecular complexity index is 296. The number of aryl methyl sites for hydroxylation is 1. The molecule has 0 aliphatic carbocycles. The molecule has 1 aromatic rings. The Hall–Kier alpha value is -1.35. The molecule has 0 saturated carbocycles. The van der Waals surface area contributed by atoms with Crippen LogP contribution in [0.3, 0.4) is 0 Å². The zero-order chi connectivity index (χ0) is 9.14. The molecule has 3 N–H and O–H groups in total. The quantitative estimate of drug-likeness (QED) is 0.612. The number of carbonyl (C=O) groups is 1. The first kappa shape index (κ1) is 8.74. The Balaban J connectivity index is 2.95. The number of aliphatic carboxylic acids is 1. The lowest BCUT2D eigenvalue weighted by Crippen LogP contribution is -2.61. The highest BCUT2D eigenvalue weighted by atomic mass is 16.4. The van der Waals surface area contributed by atoms with Crippen molar-refractivity contribution >= 4 is 5.97 Å². The third-order valence-electron chi connectivity index (χ3n) is 1.73. The smallest absolute Gasteiger partial charge is 0.150 e. The van der Waals surface area contributed by atoms with Crippen molar-refractivity contribution in [3.05, 3.63) is 35.4 Å². The van der Waals surface area contributed by atoms with Gasteiger partial charge < -0.3 is 15.6 Å². The molecule has 0 radical (unpaired) electrons. The van der Waals surface area contributed by atoms with Crippen LogP contribution in [0.5, 0.6) is 0 Å². The van der Waals surface area contributed by atoms with E-state index in [0.717, 1.165) is 5.56 Å². The van der Waals surface area contributed by atoms with Gasteiger partial charge in [-0.15, -0.1) is 0 Å². The molecule has 0 fully saturated rings. The molecule has 3 heteroatoms. The monoisotopic (exact) mass is 165 g/mol. The van der Waals surface area contributed by atoms with Crippen molar-refractivity contribution in [2.24, 2.45) is 0 Å². The number of carboxylic acids is 1. The lowest BCUT2D eigenvalue weighted by Gasteiger charge is -2.09. The van der Waals surface area contributed by atoms with E-state index in [4.69, 9.17) is 0 Å². The number of quaternary nitrogens is 1. The number of carboxylic acid groups (broad SMARTS) is 1. The fraction of sp³-hybridized carbons (Fsp3) is 0.222. The highest BCUT2D eigenvalue weighted by molar-refractivity contribution is 5.71. The molecule has 0 amide bonds. The first-order chi connectivity index (χ1) is 5.61. The van der Waals surface area contributed by atoms with E-state index in [-0.39, 0.29) is 0 Å². The van der Waals surface area contributed by atoms with Gasteiger partial charge in [-0.3, -0.25) is 0 Å². The summed E-state index contributed by atoms with van der Waals surface area (Å²) in [6.45, 7) is 1.91. The van der Waals surface area contributed by atoms with Crippen LogP contribution in [0.15, 0.2) is 24.3 Å². The Labute approximate surface area is 70.8 Å². The fourth-order valence-electron chi connectivity index (χ4n) is 1.02.